The Morgan fingerprint density at radius 3 is 2.39 bits per heavy atom. The van der Waals surface area contributed by atoms with E-state index in [1.807, 2.05) is 43.3 Å². The van der Waals surface area contributed by atoms with Gasteiger partial charge in [0, 0.05) is 35.1 Å². The van der Waals surface area contributed by atoms with Gasteiger partial charge in [0.1, 0.15) is 11.3 Å². The maximum atomic E-state index is 14.1. The number of fused-ring (bicyclic) bond motifs is 2. The third kappa shape index (κ3) is 3.44. The summed E-state index contributed by atoms with van der Waals surface area (Å²) in [5, 5.41) is 25.4. The van der Waals surface area contributed by atoms with Gasteiger partial charge in [-0.25, -0.2) is 4.90 Å². The first-order chi connectivity index (χ1) is 18.4. The molecule has 0 unspecified atom stereocenters. The fourth-order valence-corrected chi connectivity index (χ4v) is 6.17. The lowest BCUT2D eigenvalue weighted by atomic mass is 9.76. The number of aromatic amines is 1. The molecule has 4 N–H and O–H groups in total. The molecular formula is C30H27N3O5. The molecule has 0 aliphatic carbocycles. The van der Waals surface area contributed by atoms with E-state index in [4.69, 9.17) is 0 Å². The van der Waals surface area contributed by atoms with Gasteiger partial charge >= 0.3 is 5.97 Å². The SMILES string of the molecule is CCc1ccc(N2C(=O)[C@H]3[C@@H](C2=O)[C@](Cc2c[nH]c4ccccc24)(C(=O)O)N[C@H]3c2ccccc2O)cc1. The van der Waals surface area contributed by atoms with Crippen molar-refractivity contribution < 1.29 is 24.6 Å². The van der Waals surface area contributed by atoms with Crippen LogP contribution in [0.5, 0.6) is 5.75 Å². The first-order valence-corrected chi connectivity index (χ1v) is 12.7. The van der Waals surface area contributed by atoms with Gasteiger partial charge in [-0.05, 0) is 41.8 Å². The molecule has 8 heteroatoms. The van der Waals surface area contributed by atoms with Crippen LogP contribution in [0.1, 0.15) is 29.7 Å². The van der Waals surface area contributed by atoms with Crippen LogP contribution < -0.4 is 10.2 Å². The number of H-pyrrole nitrogens is 1. The van der Waals surface area contributed by atoms with Crippen LogP contribution >= 0.6 is 0 Å². The lowest BCUT2D eigenvalue weighted by Crippen LogP contribution is -2.57. The minimum atomic E-state index is -1.78. The highest BCUT2D eigenvalue weighted by Gasteiger charge is 2.69. The number of phenolic OH excluding ortho intramolecular Hbond substituents is 1. The summed E-state index contributed by atoms with van der Waals surface area (Å²) >= 11 is 0. The van der Waals surface area contributed by atoms with Crippen LogP contribution in [-0.4, -0.2) is 38.5 Å². The van der Waals surface area contributed by atoms with E-state index in [1.54, 1.807) is 36.5 Å². The highest BCUT2D eigenvalue weighted by Crippen LogP contribution is 2.52. The van der Waals surface area contributed by atoms with E-state index in [1.165, 1.54) is 6.07 Å². The summed E-state index contributed by atoms with van der Waals surface area (Å²) < 4.78 is 0. The number of nitrogens with zero attached hydrogens (tertiary/aromatic N) is 1. The number of aromatic hydroxyl groups is 1. The average molecular weight is 510 g/mol. The molecule has 1 aromatic heterocycles. The fraction of sp³-hybridized carbons (Fsp3) is 0.233. The molecule has 6 rings (SSSR count). The largest absolute Gasteiger partial charge is 0.508 e. The Morgan fingerprint density at radius 1 is 0.974 bits per heavy atom. The molecule has 3 heterocycles. The van der Waals surface area contributed by atoms with Crippen LogP contribution in [0, 0.1) is 11.8 Å². The summed E-state index contributed by atoms with van der Waals surface area (Å²) in [4.78, 5) is 45.5. The summed E-state index contributed by atoms with van der Waals surface area (Å²) in [6.07, 6.45) is 2.53. The van der Waals surface area contributed by atoms with E-state index >= 15 is 0 Å². The first kappa shape index (κ1) is 23.9. The summed E-state index contributed by atoms with van der Waals surface area (Å²) in [6.45, 7) is 2.01. The van der Waals surface area contributed by atoms with Crippen molar-refractivity contribution in [3.63, 3.8) is 0 Å². The van der Waals surface area contributed by atoms with Gasteiger partial charge in [-0.1, -0.05) is 55.5 Å². The van der Waals surface area contributed by atoms with Crippen molar-refractivity contribution in [3.05, 3.63) is 95.7 Å². The minimum absolute atomic E-state index is 0.0285. The number of aromatic nitrogens is 1. The van der Waals surface area contributed by atoms with E-state index in [9.17, 15) is 24.6 Å². The molecular weight excluding hydrogens is 482 g/mol. The maximum Gasteiger partial charge on any atom is 0.325 e. The Morgan fingerprint density at radius 2 is 1.68 bits per heavy atom. The number of rotatable bonds is 6. The van der Waals surface area contributed by atoms with Crippen LogP contribution in [0.15, 0.2) is 79.0 Å². The number of carbonyl (C=O) groups excluding carboxylic acids is 2. The summed E-state index contributed by atoms with van der Waals surface area (Å²) in [7, 11) is 0. The Hall–Kier alpha value is -4.43. The number of imide groups is 1. The fourth-order valence-electron chi connectivity index (χ4n) is 6.17. The number of anilines is 1. The van der Waals surface area contributed by atoms with Crippen LogP contribution in [0.2, 0.25) is 0 Å². The highest BCUT2D eigenvalue weighted by molar-refractivity contribution is 6.24. The van der Waals surface area contributed by atoms with Gasteiger partial charge in [-0.2, -0.15) is 0 Å². The monoisotopic (exact) mass is 509 g/mol. The normalized spacial score (nSPS) is 24.8. The minimum Gasteiger partial charge on any atom is -0.508 e. The summed E-state index contributed by atoms with van der Waals surface area (Å²) in [5.74, 6) is -4.52. The Labute approximate surface area is 218 Å². The van der Waals surface area contributed by atoms with Gasteiger partial charge in [-0.3, -0.25) is 19.7 Å². The van der Waals surface area contributed by atoms with E-state index in [-0.39, 0.29) is 12.2 Å². The molecule has 2 saturated heterocycles. The Bertz CT molecular complexity index is 1580. The molecule has 2 aliphatic heterocycles. The molecule has 2 fully saturated rings. The third-order valence-corrected chi connectivity index (χ3v) is 8.05. The number of aliphatic carboxylic acids is 1. The number of phenols is 1. The number of nitrogens with one attached hydrogen (secondary N) is 2. The zero-order valence-electron chi connectivity index (χ0n) is 20.7. The molecule has 2 amide bonds. The molecule has 2 aliphatic rings. The molecule has 0 radical (unpaired) electrons. The topological polar surface area (TPSA) is 123 Å². The summed E-state index contributed by atoms with van der Waals surface area (Å²) in [5.41, 5.74) is 1.64. The van der Waals surface area contributed by atoms with Crippen LogP contribution in [-0.2, 0) is 27.2 Å². The van der Waals surface area contributed by atoms with Crippen molar-refractivity contribution in [1.29, 1.82) is 0 Å². The van der Waals surface area contributed by atoms with Crippen molar-refractivity contribution in [2.45, 2.75) is 31.3 Å². The average Bonchev–Trinajstić information content (AvgIpc) is 3.57. The molecule has 8 nitrogen and oxygen atoms in total. The van der Waals surface area contributed by atoms with E-state index in [0.29, 0.717) is 11.3 Å². The number of benzene rings is 3. The first-order valence-electron chi connectivity index (χ1n) is 12.7. The van der Waals surface area contributed by atoms with Crippen molar-refractivity contribution in [1.82, 2.24) is 10.3 Å². The molecule has 38 heavy (non-hydrogen) atoms. The molecule has 0 saturated carbocycles. The number of carboxylic acid groups (broad SMARTS) is 1. The van der Waals surface area contributed by atoms with Gasteiger partial charge < -0.3 is 15.2 Å². The van der Waals surface area contributed by atoms with Gasteiger partial charge in [0.05, 0.1) is 17.5 Å². The second kappa shape index (κ2) is 8.85. The number of amides is 2. The molecule has 4 atom stereocenters. The zero-order valence-corrected chi connectivity index (χ0v) is 20.7. The number of hydrogen-bond donors (Lipinski definition) is 4. The Balaban J connectivity index is 1.51. The standard InChI is InChI=1S/C30H27N3O5/c1-2-17-11-13-19(14-12-17)33-27(35)24-25(28(33)36)30(29(37)38,32-26(24)21-8-4-6-10-23(21)34)15-18-16-31-22-9-5-3-7-20(18)22/h3-14,16,24-26,31-32,34H,2,15H2,1H3,(H,37,38)/t24-,25-,26-,30+/m0/s1. The number of carbonyl (C=O) groups is 3. The quantitative estimate of drug-likeness (QED) is 0.292. The number of aryl methyl sites for hydroxylation is 1. The van der Waals surface area contributed by atoms with E-state index in [0.717, 1.165) is 33.4 Å². The molecule has 4 aromatic rings. The Kier molecular flexibility index (Phi) is 5.57. The van der Waals surface area contributed by atoms with Crippen LogP contribution in [0.25, 0.3) is 10.9 Å². The molecule has 192 valence electrons. The second-order valence-corrected chi connectivity index (χ2v) is 10.0. The number of para-hydroxylation sites is 2. The number of hydrogen-bond acceptors (Lipinski definition) is 5. The second-order valence-electron chi connectivity index (χ2n) is 10.0. The van der Waals surface area contributed by atoms with Gasteiger partial charge in [0.2, 0.25) is 11.8 Å². The molecule has 3 aromatic carbocycles. The van der Waals surface area contributed by atoms with Gasteiger partial charge in [-0.15, -0.1) is 0 Å². The van der Waals surface area contributed by atoms with Crippen LogP contribution in [0.3, 0.4) is 0 Å². The zero-order chi connectivity index (χ0) is 26.6. The van der Waals surface area contributed by atoms with E-state index < -0.39 is 41.2 Å². The van der Waals surface area contributed by atoms with Crippen LogP contribution in [0.4, 0.5) is 5.69 Å². The molecule has 0 bridgehead atoms. The smallest absolute Gasteiger partial charge is 0.325 e. The van der Waals surface area contributed by atoms with Gasteiger partial charge in [0.25, 0.3) is 0 Å². The predicted molar refractivity (Wildman–Crippen MR) is 142 cm³/mol. The number of carboxylic acids is 1. The predicted octanol–water partition coefficient (Wildman–Crippen LogP) is 3.95. The van der Waals surface area contributed by atoms with Crippen molar-refractivity contribution >= 4 is 34.4 Å². The van der Waals surface area contributed by atoms with E-state index in [2.05, 4.69) is 10.3 Å². The third-order valence-electron chi connectivity index (χ3n) is 8.05. The lowest BCUT2D eigenvalue weighted by molar-refractivity contribution is -0.148. The van der Waals surface area contributed by atoms with Crippen molar-refractivity contribution in [2.24, 2.45) is 11.8 Å². The van der Waals surface area contributed by atoms with Crippen molar-refractivity contribution in [2.75, 3.05) is 4.90 Å². The highest BCUT2D eigenvalue weighted by atomic mass is 16.4. The lowest BCUT2D eigenvalue weighted by Gasteiger charge is -2.31. The van der Waals surface area contributed by atoms with Gasteiger partial charge in [0.15, 0.2) is 0 Å². The molecule has 0 spiro atoms. The summed E-state index contributed by atoms with van der Waals surface area (Å²) in [6, 6.07) is 20.4. The maximum absolute atomic E-state index is 14.1. The van der Waals surface area contributed by atoms with Crippen molar-refractivity contribution in [3.8, 4) is 5.75 Å².